The molecule has 34 heavy (non-hydrogen) atoms. The quantitative estimate of drug-likeness (QED) is 0.283. The molecule has 0 saturated carbocycles. The molecule has 0 aliphatic heterocycles. The van der Waals surface area contributed by atoms with Crippen LogP contribution in [0.1, 0.15) is 56.7 Å². The normalized spacial score (nSPS) is 15.2. The number of para-hydroxylation sites is 2. The Morgan fingerprint density at radius 1 is 1.06 bits per heavy atom. The van der Waals surface area contributed by atoms with Crippen LogP contribution in [-0.4, -0.2) is 27.9 Å². The minimum atomic E-state index is -0.450. The third-order valence-corrected chi connectivity index (χ3v) is 6.79. The van der Waals surface area contributed by atoms with Gasteiger partial charge in [0.05, 0.1) is 11.1 Å². The van der Waals surface area contributed by atoms with E-state index in [1.165, 1.54) is 0 Å². The van der Waals surface area contributed by atoms with E-state index >= 15 is 0 Å². The molecule has 0 saturated heterocycles. The number of Topliss-reactive ketones (excluding diaryl/α,β-unsaturated/α-hetero) is 1. The second-order valence-corrected chi connectivity index (χ2v) is 9.23. The maximum Gasteiger partial charge on any atom is 0.339 e. The smallest absolute Gasteiger partial charge is 0.339 e. The van der Waals surface area contributed by atoms with Crippen molar-refractivity contribution in [3.8, 4) is 5.69 Å². The number of rotatable bonds is 5. The highest BCUT2D eigenvalue weighted by Crippen LogP contribution is 2.32. The van der Waals surface area contributed by atoms with Gasteiger partial charge in [-0.3, -0.25) is 9.78 Å². The summed E-state index contributed by atoms with van der Waals surface area (Å²) in [5, 5.41) is 0.787. The molecule has 0 fully saturated rings. The maximum atomic E-state index is 13.3. The van der Waals surface area contributed by atoms with Crippen molar-refractivity contribution in [3.05, 3.63) is 94.4 Å². The molecule has 0 amide bonds. The number of nitrogens with zero attached hydrogens (tertiary/aromatic N) is 2. The van der Waals surface area contributed by atoms with Gasteiger partial charge in [0.15, 0.2) is 6.61 Å². The highest BCUT2D eigenvalue weighted by molar-refractivity contribution is 6.06. The summed E-state index contributed by atoms with van der Waals surface area (Å²) < 4.78 is 7.68. The summed E-state index contributed by atoms with van der Waals surface area (Å²) in [6.07, 6.45) is 2.71. The van der Waals surface area contributed by atoms with Crippen LogP contribution in [0.3, 0.4) is 0 Å². The zero-order valence-electron chi connectivity index (χ0n) is 19.8. The first kappa shape index (κ1) is 22.1. The van der Waals surface area contributed by atoms with Crippen LogP contribution in [-0.2, 0) is 17.6 Å². The number of ketones is 1. The molecule has 172 valence electrons. The van der Waals surface area contributed by atoms with Crippen molar-refractivity contribution in [3.63, 3.8) is 0 Å². The molecular formula is C29H28N2O3. The molecule has 5 nitrogen and oxygen atoms in total. The number of aryl methyl sites for hydroxylation is 2. The first-order valence-corrected chi connectivity index (χ1v) is 11.8. The standard InChI is InChI=1S/C29H28N2O3/c1-18-13-14-26-24(15-18)28(22-11-7-8-12-25(22)30-26)29(33)34-17-27(32)23-16-19(2)31(20(23)3)21-9-5-4-6-10-21/h4-12,16,18H,13-15,17H2,1-3H3. The van der Waals surface area contributed by atoms with Gasteiger partial charge in [0.1, 0.15) is 0 Å². The first-order chi connectivity index (χ1) is 16.4. The van der Waals surface area contributed by atoms with Gasteiger partial charge in [0.25, 0.3) is 0 Å². The Morgan fingerprint density at radius 2 is 1.79 bits per heavy atom. The van der Waals surface area contributed by atoms with E-state index in [1.54, 1.807) is 0 Å². The number of ether oxygens (including phenoxy) is 1. The van der Waals surface area contributed by atoms with E-state index < -0.39 is 5.97 Å². The second kappa shape index (κ2) is 8.90. The Hall–Kier alpha value is -3.73. The topological polar surface area (TPSA) is 61.2 Å². The largest absolute Gasteiger partial charge is 0.454 e. The highest BCUT2D eigenvalue weighted by atomic mass is 16.5. The van der Waals surface area contributed by atoms with Crippen molar-refractivity contribution in [2.24, 2.45) is 5.92 Å². The predicted molar refractivity (Wildman–Crippen MR) is 133 cm³/mol. The maximum absolute atomic E-state index is 13.3. The van der Waals surface area contributed by atoms with Crippen LogP contribution in [0.5, 0.6) is 0 Å². The Kier molecular flexibility index (Phi) is 5.78. The van der Waals surface area contributed by atoms with E-state index in [0.717, 1.165) is 58.5 Å². The third-order valence-electron chi connectivity index (χ3n) is 6.79. The van der Waals surface area contributed by atoms with Crippen molar-refractivity contribution in [1.29, 1.82) is 0 Å². The molecule has 2 heterocycles. The van der Waals surface area contributed by atoms with Crippen LogP contribution in [0.25, 0.3) is 16.6 Å². The van der Waals surface area contributed by atoms with Crippen LogP contribution in [0.2, 0.25) is 0 Å². The summed E-state index contributed by atoms with van der Waals surface area (Å²) in [7, 11) is 0. The van der Waals surface area contributed by atoms with Crippen molar-refractivity contribution in [2.75, 3.05) is 6.61 Å². The van der Waals surface area contributed by atoms with Gasteiger partial charge in [0, 0.05) is 33.7 Å². The lowest BCUT2D eigenvalue weighted by atomic mass is 9.84. The molecule has 1 atom stereocenters. The number of fused-ring (bicyclic) bond motifs is 2. The minimum Gasteiger partial charge on any atom is -0.454 e. The number of hydrogen-bond acceptors (Lipinski definition) is 4. The van der Waals surface area contributed by atoms with E-state index in [9.17, 15) is 9.59 Å². The Balaban J connectivity index is 1.43. The van der Waals surface area contributed by atoms with Crippen molar-refractivity contribution in [2.45, 2.75) is 40.0 Å². The lowest BCUT2D eigenvalue weighted by molar-refractivity contribution is 0.0475. The lowest BCUT2D eigenvalue weighted by Crippen LogP contribution is -2.21. The molecule has 1 aliphatic rings. The zero-order valence-corrected chi connectivity index (χ0v) is 19.8. The molecule has 2 aromatic heterocycles. The molecule has 1 aliphatic carbocycles. The molecule has 0 radical (unpaired) electrons. The average Bonchev–Trinajstić information content (AvgIpc) is 3.15. The molecule has 5 rings (SSSR count). The first-order valence-electron chi connectivity index (χ1n) is 11.8. The molecule has 1 unspecified atom stereocenters. The summed E-state index contributed by atoms with van der Waals surface area (Å²) in [5.41, 5.74) is 6.67. The number of carbonyl (C=O) groups excluding carboxylic acids is 2. The van der Waals surface area contributed by atoms with Gasteiger partial charge in [-0.05, 0) is 68.9 Å². The summed E-state index contributed by atoms with van der Waals surface area (Å²) in [6.45, 7) is 5.79. The van der Waals surface area contributed by atoms with Crippen LogP contribution in [0, 0.1) is 19.8 Å². The van der Waals surface area contributed by atoms with Gasteiger partial charge in [0.2, 0.25) is 5.78 Å². The number of aromatic nitrogens is 2. The van der Waals surface area contributed by atoms with E-state index in [1.807, 2.05) is 79.1 Å². The highest BCUT2D eigenvalue weighted by Gasteiger charge is 2.27. The summed E-state index contributed by atoms with van der Waals surface area (Å²) in [5.74, 6) is -0.176. The van der Waals surface area contributed by atoms with E-state index in [4.69, 9.17) is 9.72 Å². The molecule has 2 aromatic carbocycles. The van der Waals surface area contributed by atoms with Crippen molar-refractivity contribution < 1.29 is 14.3 Å². The average molecular weight is 453 g/mol. The van der Waals surface area contributed by atoms with Crippen molar-refractivity contribution >= 4 is 22.7 Å². The minimum absolute atomic E-state index is 0.204. The SMILES string of the molecule is Cc1cc(C(=O)COC(=O)c2c3c(nc4ccccc24)CCC(C)C3)c(C)n1-c1ccccc1. The number of esters is 1. The van der Waals surface area contributed by atoms with Gasteiger partial charge in [-0.15, -0.1) is 0 Å². The van der Waals surface area contributed by atoms with Gasteiger partial charge in [-0.1, -0.05) is 43.3 Å². The van der Waals surface area contributed by atoms with E-state index in [0.29, 0.717) is 17.0 Å². The summed E-state index contributed by atoms with van der Waals surface area (Å²) in [4.78, 5) is 31.3. The number of carbonyl (C=O) groups is 2. The van der Waals surface area contributed by atoms with Gasteiger partial charge >= 0.3 is 5.97 Å². The van der Waals surface area contributed by atoms with Crippen LogP contribution < -0.4 is 0 Å². The van der Waals surface area contributed by atoms with Crippen molar-refractivity contribution in [1.82, 2.24) is 9.55 Å². The number of pyridine rings is 1. The fraction of sp³-hybridized carbons (Fsp3) is 0.276. The van der Waals surface area contributed by atoms with Gasteiger partial charge < -0.3 is 9.30 Å². The number of hydrogen-bond donors (Lipinski definition) is 0. The van der Waals surface area contributed by atoms with E-state index in [2.05, 4.69) is 6.92 Å². The fourth-order valence-corrected chi connectivity index (χ4v) is 5.10. The van der Waals surface area contributed by atoms with Crippen LogP contribution in [0.15, 0.2) is 60.7 Å². The van der Waals surface area contributed by atoms with Crippen LogP contribution >= 0.6 is 0 Å². The monoisotopic (exact) mass is 452 g/mol. The lowest BCUT2D eigenvalue weighted by Gasteiger charge is -2.24. The second-order valence-electron chi connectivity index (χ2n) is 9.23. The Bertz CT molecular complexity index is 1400. The van der Waals surface area contributed by atoms with Gasteiger partial charge in [-0.2, -0.15) is 0 Å². The summed E-state index contributed by atoms with van der Waals surface area (Å²) >= 11 is 0. The summed E-state index contributed by atoms with van der Waals surface area (Å²) in [6, 6.07) is 19.4. The number of benzene rings is 2. The molecular weight excluding hydrogens is 424 g/mol. The van der Waals surface area contributed by atoms with Gasteiger partial charge in [-0.25, -0.2) is 4.79 Å². The Labute approximate surface area is 199 Å². The zero-order chi connectivity index (χ0) is 23.8. The third kappa shape index (κ3) is 3.92. The predicted octanol–water partition coefficient (Wildman–Crippen LogP) is 5.81. The molecule has 5 heteroatoms. The van der Waals surface area contributed by atoms with E-state index in [-0.39, 0.29) is 12.4 Å². The molecule has 0 spiro atoms. The van der Waals surface area contributed by atoms with Crippen LogP contribution in [0.4, 0.5) is 0 Å². The molecule has 4 aromatic rings. The molecule has 0 N–H and O–H groups in total. The molecule has 0 bridgehead atoms. The fourth-order valence-electron chi connectivity index (χ4n) is 5.10. The Morgan fingerprint density at radius 3 is 2.59 bits per heavy atom.